The molecular weight excluding hydrogens is 466 g/mol. The maximum atomic E-state index is 13.8. The minimum absolute atomic E-state index is 0.0900. The van der Waals surface area contributed by atoms with Gasteiger partial charge in [-0.25, -0.2) is 0 Å². The molecule has 3 atom stereocenters. The van der Waals surface area contributed by atoms with Crippen LogP contribution in [0.25, 0.3) is 0 Å². The summed E-state index contributed by atoms with van der Waals surface area (Å²) in [4.78, 5) is 44.0. The minimum atomic E-state index is -0.680. The summed E-state index contributed by atoms with van der Waals surface area (Å²) in [5.41, 5.74) is 1.19. The van der Waals surface area contributed by atoms with Gasteiger partial charge in [0, 0.05) is 32.7 Å². The standard InChI is InChI=1S/C29H47N5O3/c1-21(2)26(32-27(35)22(3)30-4)29(37)34-17-16-33(19-24-14-10-7-11-15-24)20-25(34)28(36)31-18-23-12-8-5-6-9-13-23/h7,10-11,14-15,21-23,25-26,30H,5-6,8-9,12-13,16-20H2,1-4H3,(H,31,36)(H,32,35)/t22-,25-,26-/m0/s1. The van der Waals surface area contributed by atoms with Crippen molar-refractivity contribution in [2.75, 3.05) is 33.2 Å². The first-order valence-corrected chi connectivity index (χ1v) is 14.1. The average Bonchev–Trinajstić information content (AvgIpc) is 3.18. The predicted octanol–water partition coefficient (Wildman–Crippen LogP) is 2.53. The lowest BCUT2D eigenvalue weighted by Gasteiger charge is -2.42. The first-order valence-electron chi connectivity index (χ1n) is 14.1. The predicted molar refractivity (Wildman–Crippen MR) is 147 cm³/mol. The number of hydrogen-bond donors (Lipinski definition) is 3. The number of benzene rings is 1. The Hall–Kier alpha value is -2.45. The molecule has 0 bridgehead atoms. The average molecular weight is 514 g/mol. The van der Waals surface area contributed by atoms with E-state index in [1.54, 1.807) is 18.9 Å². The van der Waals surface area contributed by atoms with E-state index in [0.717, 1.165) is 19.4 Å². The summed E-state index contributed by atoms with van der Waals surface area (Å²) in [6.45, 7) is 8.64. The first-order chi connectivity index (χ1) is 17.8. The van der Waals surface area contributed by atoms with Gasteiger partial charge in [-0.1, -0.05) is 69.9 Å². The summed E-state index contributed by atoms with van der Waals surface area (Å²) in [6, 6.07) is 8.55. The van der Waals surface area contributed by atoms with Crippen LogP contribution < -0.4 is 16.0 Å². The molecule has 1 saturated heterocycles. The first kappa shape index (κ1) is 29.1. The van der Waals surface area contributed by atoms with Gasteiger partial charge in [0.05, 0.1) is 6.04 Å². The SMILES string of the molecule is CN[C@@H](C)C(=O)N[C@H](C(=O)N1CCN(Cc2ccccc2)C[C@H]1C(=O)NCC1CCCCCC1)C(C)C. The maximum Gasteiger partial charge on any atom is 0.246 e. The molecule has 3 N–H and O–H groups in total. The van der Waals surface area contributed by atoms with Crippen LogP contribution in [-0.4, -0.2) is 78.9 Å². The fourth-order valence-electron chi connectivity index (χ4n) is 5.35. The van der Waals surface area contributed by atoms with Gasteiger partial charge < -0.3 is 20.9 Å². The van der Waals surface area contributed by atoms with E-state index >= 15 is 0 Å². The van der Waals surface area contributed by atoms with Crippen molar-refractivity contribution in [1.29, 1.82) is 0 Å². The molecule has 0 unspecified atom stereocenters. The highest BCUT2D eigenvalue weighted by molar-refractivity contribution is 5.93. The lowest BCUT2D eigenvalue weighted by molar-refractivity contribution is -0.148. The molecule has 1 heterocycles. The van der Waals surface area contributed by atoms with Crippen molar-refractivity contribution in [3.63, 3.8) is 0 Å². The zero-order valence-electron chi connectivity index (χ0n) is 23.2. The van der Waals surface area contributed by atoms with E-state index in [0.29, 0.717) is 32.1 Å². The van der Waals surface area contributed by atoms with Crippen molar-refractivity contribution < 1.29 is 14.4 Å². The number of carbonyl (C=O) groups excluding carboxylic acids is 3. The summed E-state index contributed by atoms with van der Waals surface area (Å²) in [6.07, 6.45) is 7.30. The second kappa shape index (κ2) is 14.5. The third kappa shape index (κ3) is 8.54. The Bertz CT molecular complexity index is 870. The fourth-order valence-corrected chi connectivity index (χ4v) is 5.35. The molecule has 2 aliphatic rings. The van der Waals surface area contributed by atoms with Gasteiger partial charge in [-0.05, 0) is 44.2 Å². The Kier molecular flexibility index (Phi) is 11.4. The van der Waals surface area contributed by atoms with Crippen LogP contribution in [0.3, 0.4) is 0 Å². The molecular formula is C29H47N5O3. The zero-order chi connectivity index (χ0) is 26.8. The normalized spacial score (nSPS) is 21.2. The number of piperazine rings is 1. The molecule has 0 aromatic heterocycles. The number of carbonyl (C=O) groups is 3. The van der Waals surface area contributed by atoms with Gasteiger partial charge in [0.25, 0.3) is 0 Å². The van der Waals surface area contributed by atoms with Gasteiger partial charge in [-0.15, -0.1) is 0 Å². The Morgan fingerprint density at radius 3 is 2.27 bits per heavy atom. The molecule has 1 aromatic rings. The Morgan fingerprint density at radius 2 is 1.65 bits per heavy atom. The highest BCUT2D eigenvalue weighted by Crippen LogP contribution is 2.23. The molecule has 1 aliphatic heterocycles. The molecule has 8 nitrogen and oxygen atoms in total. The van der Waals surface area contributed by atoms with Gasteiger partial charge in [0.2, 0.25) is 17.7 Å². The van der Waals surface area contributed by atoms with E-state index in [4.69, 9.17) is 0 Å². The van der Waals surface area contributed by atoms with Crippen molar-refractivity contribution in [3.8, 4) is 0 Å². The molecule has 1 saturated carbocycles. The van der Waals surface area contributed by atoms with Crippen molar-refractivity contribution in [3.05, 3.63) is 35.9 Å². The van der Waals surface area contributed by atoms with E-state index in [-0.39, 0.29) is 23.6 Å². The second-order valence-electron chi connectivity index (χ2n) is 11.1. The van der Waals surface area contributed by atoms with Crippen LogP contribution in [0.4, 0.5) is 0 Å². The van der Waals surface area contributed by atoms with Crippen molar-refractivity contribution in [1.82, 2.24) is 25.8 Å². The lowest BCUT2D eigenvalue weighted by atomic mass is 9.99. The third-order valence-electron chi connectivity index (χ3n) is 7.90. The van der Waals surface area contributed by atoms with Gasteiger partial charge >= 0.3 is 0 Å². The maximum absolute atomic E-state index is 13.8. The number of hydrogen-bond acceptors (Lipinski definition) is 5. The molecule has 1 aliphatic carbocycles. The largest absolute Gasteiger partial charge is 0.354 e. The Balaban J connectivity index is 1.74. The van der Waals surface area contributed by atoms with Crippen LogP contribution in [0.5, 0.6) is 0 Å². The van der Waals surface area contributed by atoms with E-state index in [1.807, 2.05) is 32.0 Å². The smallest absolute Gasteiger partial charge is 0.246 e. The van der Waals surface area contributed by atoms with E-state index in [9.17, 15) is 14.4 Å². The Labute approximate surface area is 222 Å². The minimum Gasteiger partial charge on any atom is -0.354 e. The van der Waals surface area contributed by atoms with Crippen LogP contribution in [0.15, 0.2) is 30.3 Å². The zero-order valence-corrected chi connectivity index (χ0v) is 23.2. The number of nitrogens with one attached hydrogen (secondary N) is 3. The molecule has 37 heavy (non-hydrogen) atoms. The monoisotopic (exact) mass is 513 g/mol. The second-order valence-corrected chi connectivity index (χ2v) is 11.1. The van der Waals surface area contributed by atoms with E-state index in [1.165, 1.54) is 31.2 Å². The van der Waals surface area contributed by atoms with Crippen molar-refractivity contribution in [2.45, 2.75) is 84.0 Å². The summed E-state index contributed by atoms with van der Waals surface area (Å²) in [5, 5.41) is 9.05. The van der Waals surface area contributed by atoms with Crippen LogP contribution in [0.2, 0.25) is 0 Å². The van der Waals surface area contributed by atoms with Gasteiger partial charge in [-0.2, -0.15) is 0 Å². The van der Waals surface area contributed by atoms with E-state index in [2.05, 4.69) is 33.0 Å². The molecule has 206 valence electrons. The summed E-state index contributed by atoms with van der Waals surface area (Å²) in [5.74, 6) is -0.0806. The molecule has 1 aromatic carbocycles. The lowest BCUT2D eigenvalue weighted by Crippen LogP contribution is -2.64. The van der Waals surface area contributed by atoms with Crippen molar-refractivity contribution >= 4 is 17.7 Å². The van der Waals surface area contributed by atoms with Gasteiger partial charge in [-0.3, -0.25) is 19.3 Å². The van der Waals surface area contributed by atoms with Gasteiger partial charge in [0.1, 0.15) is 12.1 Å². The molecule has 3 rings (SSSR count). The number of likely N-dealkylation sites (N-methyl/N-ethyl adjacent to an activating group) is 1. The summed E-state index contributed by atoms with van der Waals surface area (Å²) >= 11 is 0. The fraction of sp³-hybridized carbons (Fsp3) is 0.690. The third-order valence-corrected chi connectivity index (χ3v) is 7.90. The van der Waals surface area contributed by atoms with Gasteiger partial charge in [0.15, 0.2) is 0 Å². The quantitative estimate of drug-likeness (QED) is 0.418. The van der Waals surface area contributed by atoms with E-state index < -0.39 is 18.1 Å². The Morgan fingerprint density at radius 1 is 0.973 bits per heavy atom. The number of nitrogens with zero attached hydrogens (tertiary/aromatic N) is 2. The number of rotatable bonds is 10. The van der Waals surface area contributed by atoms with Crippen LogP contribution >= 0.6 is 0 Å². The highest BCUT2D eigenvalue weighted by atomic mass is 16.2. The van der Waals surface area contributed by atoms with Crippen LogP contribution in [0, 0.1) is 11.8 Å². The van der Waals surface area contributed by atoms with Crippen LogP contribution in [-0.2, 0) is 20.9 Å². The summed E-state index contributed by atoms with van der Waals surface area (Å²) in [7, 11) is 1.72. The highest BCUT2D eigenvalue weighted by Gasteiger charge is 2.39. The molecule has 0 spiro atoms. The van der Waals surface area contributed by atoms with Crippen LogP contribution in [0.1, 0.15) is 64.9 Å². The molecule has 8 heteroatoms. The number of amides is 3. The topological polar surface area (TPSA) is 93.8 Å². The summed E-state index contributed by atoms with van der Waals surface area (Å²) < 4.78 is 0. The molecule has 3 amide bonds. The molecule has 2 fully saturated rings. The molecule has 0 radical (unpaired) electrons. The van der Waals surface area contributed by atoms with Crippen molar-refractivity contribution in [2.24, 2.45) is 11.8 Å².